The molecule has 0 fully saturated rings. The van der Waals surface area contributed by atoms with Crippen LogP contribution in [0.15, 0.2) is 5.11 Å². The van der Waals surface area contributed by atoms with Crippen molar-refractivity contribution in [2.24, 2.45) is 5.11 Å². The number of hydrogen-bond acceptors (Lipinski definition) is 4. The van der Waals surface area contributed by atoms with Gasteiger partial charge >= 0.3 is 0 Å². The van der Waals surface area contributed by atoms with Crippen LogP contribution in [0.3, 0.4) is 0 Å². The van der Waals surface area contributed by atoms with Crippen molar-refractivity contribution in [2.75, 3.05) is 39.6 Å². The molecule has 0 saturated carbocycles. The minimum Gasteiger partial charge on any atom is -0.383 e. The summed E-state index contributed by atoms with van der Waals surface area (Å²) in [6, 6.07) is 0. The summed E-state index contributed by atoms with van der Waals surface area (Å²) in [7, 11) is -0.0171. The zero-order valence-electron chi connectivity index (χ0n) is 11.8. The molecular weight excluding hydrogens is 268 g/mol. The van der Waals surface area contributed by atoms with E-state index in [-0.39, 0.29) is 5.75 Å². The Balaban J connectivity index is 3.66. The second kappa shape index (κ2) is 11.0. The van der Waals surface area contributed by atoms with Crippen molar-refractivity contribution in [1.29, 1.82) is 0 Å². The lowest BCUT2D eigenvalue weighted by Gasteiger charge is -2.16. The number of rotatable bonds is 12. The molecule has 0 spiro atoms. The van der Waals surface area contributed by atoms with Gasteiger partial charge in [0.15, 0.2) is 0 Å². The van der Waals surface area contributed by atoms with Crippen molar-refractivity contribution >= 4 is 10.0 Å². The van der Waals surface area contributed by atoms with Gasteiger partial charge in [0.05, 0.1) is 12.4 Å². The number of ether oxygens (including phenoxy) is 1. The van der Waals surface area contributed by atoms with Gasteiger partial charge in [-0.25, -0.2) is 12.7 Å². The smallest absolute Gasteiger partial charge is 0.213 e. The quantitative estimate of drug-likeness (QED) is 0.238. The van der Waals surface area contributed by atoms with E-state index in [1.165, 1.54) is 4.31 Å². The Labute approximate surface area is 115 Å². The summed E-state index contributed by atoms with van der Waals surface area (Å²) in [6.07, 6.45) is 4.36. The topological polar surface area (TPSA) is 95.4 Å². The average molecular weight is 292 g/mol. The Kier molecular flexibility index (Phi) is 10.6. The van der Waals surface area contributed by atoms with Crippen molar-refractivity contribution in [1.82, 2.24) is 4.31 Å². The van der Waals surface area contributed by atoms with E-state index in [1.807, 2.05) is 0 Å². The maximum absolute atomic E-state index is 11.8. The third-order valence-electron chi connectivity index (χ3n) is 2.81. The molecule has 0 unspecified atom stereocenters. The lowest BCUT2D eigenvalue weighted by Crippen LogP contribution is -2.32. The van der Waals surface area contributed by atoms with Gasteiger partial charge in [-0.1, -0.05) is 24.4 Å². The third kappa shape index (κ3) is 9.72. The number of likely N-dealkylation sites (N-methyl/N-ethyl adjacent to an activating group) is 1. The van der Waals surface area contributed by atoms with Crippen LogP contribution in [0.2, 0.25) is 0 Å². The monoisotopic (exact) mass is 292 g/mol. The van der Waals surface area contributed by atoms with E-state index >= 15 is 0 Å². The summed E-state index contributed by atoms with van der Waals surface area (Å²) < 4.78 is 29.9. The molecule has 0 N–H and O–H groups in total. The molecule has 0 aliphatic heterocycles. The number of hydrogen-bond donors (Lipinski definition) is 0. The van der Waals surface area contributed by atoms with E-state index in [1.54, 1.807) is 14.2 Å². The molecule has 0 rings (SSSR count). The second-order valence-corrected chi connectivity index (χ2v) is 6.55. The van der Waals surface area contributed by atoms with Gasteiger partial charge in [0, 0.05) is 32.2 Å². The van der Waals surface area contributed by atoms with Crippen molar-refractivity contribution in [2.45, 2.75) is 32.1 Å². The van der Waals surface area contributed by atoms with E-state index in [2.05, 4.69) is 10.0 Å². The Hall–Kier alpha value is -0.820. The minimum absolute atomic E-state index is 0.184. The Morgan fingerprint density at radius 3 is 2.47 bits per heavy atom. The van der Waals surface area contributed by atoms with Gasteiger partial charge in [-0.05, 0) is 18.4 Å². The molecule has 112 valence electrons. The standard InChI is InChI=1S/C11H24N4O3S/c1-15(9-10-18-2)19(16,17)11-7-5-3-4-6-8-13-14-12/h3-11H2,1-2H3. The summed E-state index contributed by atoms with van der Waals surface area (Å²) in [6.45, 7) is 1.33. The number of methoxy groups -OCH3 is 1. The van der Waals surface area contributed by atoms with Crippen molar-refractivity contribution in [3.63, 3.8) is 0 Å². The first kappa shape index (κ1) is 18.2. The molecule has 0 atom stereocenters. The molecular formula is C11H24N4O3S. The van der Waals surface area contributed by atoms with E-state index in [9.17, 15) is 8.42 Å². The predicted molar refractivity (Wildman–Crippen MR) is 75.4 cm³/mol. The SMILES string of the molecule is COCCN(C)S(=O)(=O)CCCCCCCN=[N+]=[N-]. The van der Waals surface area contributed by atoms with Crippen LogP contribution in [0, 0.1) is 0 Å². The molecule has 0 amide bonds. The zero-order chi connectivity index (χ0) is 14.6. The first-order valence-corrected chi connectivity index (χ1v) is 8.09. The molecule has 0 aliphatic rings. The van der Waals surface area contributed by atoms with Gasteiger partial charge in [0.1, 0.15) is 0 Å². The highest BCUT2D eigenvalue weighted by Gasteiger charge is 2.16. The molecule has 0 aliphatic carbocycles. The van der Waals surface area contributed by atoms with Crippen LogP contribution >= 0.6 is 0 Å². The molecule has 19 heavy (non-hydrogen) atoms. The van der Waals surface area contributed by atoms with Gasteiger partial charge in [0.2, 0.25) is 10.0 Å². The largest absolute Gasteiger partial charge is 0.383 e. The lowest BCUT2D eigenvalue weighted by molar-refractivity contribution is 0.185. The highest BCUT2D eigenvalue weighted by atomic mass is 32.2. The fraction of sp³-hybridized carbons (Fsp3) is 1.00. The van der Waals surface area contributed by atoms with Gasteiger partial charge in [-0.2, -0.15) is 0 Å². The van der Waals surface area contributed by atoms with Gasteiger partial charge < -0.3 is 4.74 Å². The predicted octanol–water partition coefficient (Wildman–Crippen LogP) is 2.16. The van der Waals surface area contributed by atoms with Crippen LogP contribution < -0.4 is 0 Å². The third-order valence-corrected chi connectivity index (χ3v) is 4.75. The number of nitrogens with zero attached hydrogens (tertiary/aromatic N) is 4. The summed E-state index contributed by atoms with van der Waals surface area (Å²) in [5.41, 5.74) is 8.09. The van der Waals surface area contributed by atoms with Crippen molar-refractivity contribution < 1.29 is 13.2 Å². The summed E-state index contributed by atoms with van der Waals surface area (Å²) in [5.74, 6) is 0.184. The summed E-state index contributed by atoms with van der Waals surface area (Å²) in [5, 5.41) is 3.45. The maximum Gasteiger partial charge on any atom is 0.213 e. The lowest BCUT2D eigenvalue weighted by atomic mass is 10.2. The van der Waals surface area contributed by atoms with E-state index in [0.717, 1.165) is 25.7 Å². The Morgan fingerprint density at radius 1 is 1.21 bits per heavy atom. The normalized spacial score (nSPS) is 11.5. The van der Waals surface area contributed by atoms with Crippen LogP contribution in [0.5, 0.6) is 0 Å². The number of sulfonamides is 1. The molecule has 7 nitrogen and oxygen atoms in total. The van der Waals surface area contributed by atoms with E-state index < -0.39 is 10.0 Å². The molecule has 0 radical (unpaired) electrons. The second-order valence-electron chi connectivity index (χ2n) is 4.35. The molecule has 8 heteroatoms. The van der Waals surface area contributed by atoms with Crippen LogP contribution in [0.1, 0.15) is 32.1 Å². The molecule has 0 bridgehead atoms. The Morgan fingerprint density at radius 2 is 1.84 bits per heavy atom. The Bertz CT molecular complexity index is 366. The van der Waals surface area contributed by atoms with Crippen LogP contribution in [-0.4, -0.2) is 52.3 Å². The zero-order valence-corrected chi connectivity index (χ0v) is 12.6. The molecule has 0 aromatic carbocycles. The highest BCUT2D eigenvalue weighted by Crippen LogP contribution is 2.07. The molecule has 0 aromatic rings. The first-order chi connectivity index (χ1) is 9.04. The number of unbranched alkanes of at least 4 members (excludes halogenated alkanes) is 4. The van der Waals surface area contributed by atoms with Crippen LogP contribution in [-0.2, 0) is 14.8 Å². The fourth-order valence-corrected chi connectivity index (χ4v) is 2.79. The highest BCUT2D eigenvalue weighted by molar-refractivity contribution is 7.89. The summed E-state index contributed by atoms with van der Waals surface area (Å²) in [4.78, 5) is 2.68. The van der Waals surface area contributed by atoms with Crippen molar-refractivity contribution in [3.05, 3.63) is 10.4 Å². The van der Waals surface area contributed by atoms with Gasteiger partial charge in [-0.3, -0.25) is 0 Å². The summed E-state index contributed by atoms with van der Waals surface area (Å²) >= 11 is 0. The molecule has 0 aromatic heterocycles. The van der Waals surface area contributed by atoms with E-state index in [0.29, 0.717) is 26.1 Å². The van der Waals surface area contributed by atoms with Gasteiger partial charge in [-0.15, -0.1) is 0 Å². The molecule has 0 heterocycles. The van der Waals surface area contributed by atoms with Crippen LogP contribution in [0.4, 0.5) is 0 Å². The minimum atomic E-state index is -3.15. The van der Waals surface area contributed by atoms with Crippen LogP contribution in [0.25, 0.3) is 10.4 Å². The first-order valence-electron chi connectivity index (χ1n) is 6.48. The maximum atomic E-state index is 11.8. The van der Waals surface area contributed by atoms with E-state index in [4.69, 9.17) is 10.3 Å². The molecule has 0 saturated heterocycles. The average Bonchev–Trinajstić information content (AvgIpc) is 2.38. The van der Waals surface area contributed by atoms with Gasteiger partial charge in [0.25, 0.3) is 0 Å². The fourth-order valence-electron chi connectivity index (χ4n) is 1.56. The van der Waals surface area contributed by atoms with Crippen molar-refractivity contribution in [3.8, 4) is 0 Å². The number of azide groups is 1.